The number of hydrogen-bond donors (Lipinski definition) is 0. The number of carbonyl (C=O) groups is 1. The quantitative estimate of drug-likeness (QED) is 0.568. The number of ether oxygens (including phenoxy) is 1. The molecule has 0 aromatic carbocycles. The molecule has 1 aliphatic rings. The number of carbonyl (C=O) groups excluding carboxylic acids is 1. The van der Waals surface area contributed by atoms with Gasteiger partial charge in [-0.3, -0.25) is 0 Å². The van der Waals surface area contributed by atoms with Crippen molar-refractivity contribution in [3.8, 4) is 11.7 Å². The van der Waals surface area contributed by atoms with Crippen molar-refractivity contribution in [3.63, 3.8) is 0 Å². The lowest BCUT2D eigenvalue weighted by molar-refractivity contribution is 0.0183. The van der Waals surface area contributed by atoms with E-state index in [0.29, 0.717) is 59.0 Å². The molecule has 4 heterocycles. The van der Waals surface area contributed by atoms with Gasteiger partial charge in [0, 0.05) is 31.8 Å². The molecule has 1 aliphatic heterocycles. The van der Waals surface area contributed by atoms with Crippen molar-refractivity contribution in [1.29, 1.82) is 0 Å². The van der Waals surface area contributed by atoms with Crippen molar-refractivity contribution in [2.45, 2.75) is 45.6 Å². The fourth-order valence-electron chi connectivity index (χ4n) is 3.38. The van der Waals surface area contributed by atoms with Gasteiger partial charge in [0.25, 0.3) is 5.89 Å². The van der Waals surface area contributed by atoms with E-state index in [1.807, 2.05) is 20.8 Å². The number of amides is 1. The number of piperidine rings is 1. The molecule has 3 aromatic heterocycles. The minimum atomic E-state index is -0.480. The van der Waals surface area contributed by atoms with Crippen LogP contribution in [0.1, 0.15) is 39.4 Å². The summed E-state index contributed by atoms with van der Waals surface area (Å²) in [5.41, 5.74) is 0.139. The first-order chi connectivity index (χ1) is 13.8. The van der Waals surface area contributed by atoms with E-state index in [9.17, 15) is 4.79 Å². The van der Waals surface area contributed by atoms with E-state index in [1.165, 1.54) is 0 Å². The Labute approximate surface area is 173 Å². The SMILES string of the molecule is CC(C)(C)OC(=O)N1CCC(Cc2noc(-c3cc4c(Cl)nccc4o3)n2)CC1. The summed E-state index contributed by atoms with van der Waals surface area (Å²) in [5.74, 6) is 1.79. The van der Waals surface area contributed by atoms with Crippen LogP contribution in [0.3, 0.4) is 0 Å². The Morgan fingerprint density at radius 2 is 2.10 bits per heavy atom. The van der Waals surface area contributed by atoms with Gasteiger partial charge in [0.2, 0.25) is 0 Å². The Bertz CT molecular complexity index is 1020. The Morgan fingerprint density at radius 3 is 2.79 bits per heavy atom. The van der Waals surface area contributed by atoms with Crippen LogP contribution in [0.5, 0.6) is 0 Å². The number of hydrogen-bond acceptors (Lipinski definition) is 7. The first-order valence-electron chi connectivity index (χ1n) is 9.63. The highest BCUT2D eigenvalue weighted by Gasteiger charge is 2.28. The van der Waals surface area contributed by atoms with Gasteiger partial charge in [0.1, 0.15) is 16.3 Å². The van der Waals surface area contributed by atoms with E-state index in [1.54, 1.807) is 23.2 Å². The van der Waals surface area contributed by atoms with E-state index >= 15 is 0 Å². The lowest BCUT2D eigenvalue weighted by Crippen LogP contribution is -2.42. The monoisotopic (exact) mass is 418 g/mol. The van der Waals surface area contributed by atoms with Gasteiger partial charge in [-0.25, -0.2) is 9.78 Å². The van der Waals surface area contributed by atoms with E-state index in [0.717, 1.165) is 12.8 Å². The molecule has 0 aliphatic carbocycles. The molecular weight excluding hydrogens is 396 g/mol. The smallest absolute Gasteiger partial charge is 0.410 e. The van der Waals surface area contributed by atoms with Crippen LogP contribution in [0.2, 0.25) is 5.15 Å². The summed E-state index contributed by atoms with van der Waals surface area (Å²) < 4.78 is 16.6. The third kappa shape index (κ3) is 4.53. The van der Waals surface area contributed by atoms with Gasteiger partial charge in [-0.05, 0) is 45.6 Å². The molecule has 154 valence electrons. The average Bonchev–Trinajstić information content (AvgIpc) is 3.28. The highest BCUT2D eigenvalue weighted by atomic mass is 35.5. The van der Waals surface area contributed by atoms with Crippen LogP contribution in [0.4, 0.5) is 4.79 Å². The van der Waals surface area contributed by atoms with Gasteiger partial charge in [-0.2, -0.15) is 4.98 Å². The summed E-state index contributed by atoms with van der Waals surface area (Å²) in [7, 11) is 0. The molecule has 0 radical (unpaired) electrons. The molecule has 0 atom stereocenters. The van der Waals surface area contributed by atoms with Crippen LogP contribution in [0, 0.1) is 5.92 Å². The maximum atomic E-state index is 12.2. The number of fused-ring (bicyclic) bond motifs is 1. The van der Waals surface area contributed by atoms with Crippen molar-refractivity contribution in [2.75, 3.05) is 13.1 Å². The highest BCUT2D eigenvalue weighted by Crippen LogP contribution is 2.30. The first kappa shape index (κ1) is 19.7. The zero-order chi connectivity index (χ0) is 20.6. The number of halogens is 1. The minimum Gasteiger partial charge on any atom is -0.451 e. The minimum absolute atomic E-state index is 0.254. The van der Waals surface area contributed by atoms with E-state index in [-0.39, 0.29) is 6.09 Å². The van der Waals surface area contributed by atoms with Crippen molar-refractivity contribution in [2.24, 2.45) is 5.92 Å². The Morgan fingerprint density at radius 1 is 1.34 bits per heavy atom. The van der Waals surface area contributed by atoms with Crippen molar-refractivity contribution in [1.82, 2.24) is 20.0 Å². The van der Waals surface area contributed by atoms with Crippen molar-refractivity contribution >= 4 is 28.7 Å². The molecular formula is C20H23ClN4O4. The predicted molar refractivity (Wildman–Crippen MR) is 107 cm³/mol. The summed E-state index contributed by atoms with van der Waals surface area (Å²) >= 11 is 6.09. The van der Waals surface area contributed by atoms with Crippen LogP contribution in [0.25, 0.3) is 22.6 Å². The second kappa shape index (κ2) is 7.67. The molecule has 1 fully saturated rings. The molecule has 1 amide bonds. The molecule has 9 heteroatoms. The number of aromatic nitrogens is 3. The molecule has 0 unspecified atom stereocenters. The van der Waals surface area contributed by atoms with Gasteiger partial charge >= 0.3 is 6.09 Å². The van der Waals surface area contributed by atoms with Crippen molar-refractivity contribution < 1.29 is 18.5 Å². The molecule has 1 saturated heterocycles. The Hall–Kier alpha value is -2.61. The van der Waals surface area contributed by atoms with Crippen LogP contribution in [-0.2, 0) is 11.2 Å². The lowest BCUT2D eigenvalue weighted by Gasteiger charge is -2.33. The third-order valence-corrected chi connectivity index (χ3v) is 5.11. The fraction of sp³-hybridized carbons (Fsp3) is 0.500. The third-order valence-electron chi connectivity index (χ3n) is 4.81. The normalized spacial score (nSPS) is 15.8. The first-order valence-corrected chi connectivity index (χ1v) is 10.0. The second-order valence-electron chi connectivity index (χ2n) is 8.25. The number of nitrogens with zero attached hydrogens (tertiary/aromatic N) is 4. The maximum absolute atomic E-state index is 12.2. The molecule has 4 rings (SSSR count). The summed E-state index contributed by atoms with van der Waals surface area (Å²) in [5, 5.41) is 5.16. The summed E-state index contributed by atoms with van der Waals surface area (Å²) in [6, 6.07) is 3.49. The largest absolute Gasteiger partial charge is 0.451 e. The van der Waals surface area contributed by atoms with E-state index in [2.05, 4.69) is 15.1 Å². The standard InChI is InChI=1S/C20H23ClN4O4/c1-20(2,3)28-19(26)25-8-5-12(6-9-25)10-16-23-18(29-24-16)15-11-13-14(27-15)4-7-22-17(13)21/h4,7,11-12H,5-6,8-10H2,1-3H3. The number of rotatable bonds is 3. The summed E-state index contributed by atoms with van der Waals surface area (Å²) in [6.45, 7) is 6.95. The number of likely N-dealkylation sites (tertiary alicyclic amines) is 1. The zero-order valence-corrected chi connectivity index (χ0v) is 17.4. The fourth-order valence-corrected chi connectivity index (χ4v) is 3.58. The summed E-state index contributed by atoms with van der Waals surface area (Å²) in [4.78, 5) is 22.4. The van der Waals surface area contributed by atoms with Gasteiger partial charge in [-0.15, -0.1) is 0 Å². The Balaban J connectivity index is 1.36. The van der Waals surface area contributed by atoms with E-state index < -0.39 is 5.60 Å². The number of pyridine rings is 1. The lowest BCUT2D eigenvalue weighted by atomic mass is 9.93. The van der Waals surface area contributed by atoms with Crippen LogP contribution in [0.15, 0.2) is 27.3 Å². The van der Waals surface area contributed by atoms with Gasteiger partial charge in [0.05, 0.1) is 5.39 Å². The topological polar surface area (TPSA) is 94.5 Å². The average molecular weight is 419 g/mol. The molecule has 0 spiro atoms. The molecule has 0 bridgehead atoms. The van der Waals surface area contributed by atoms with Crippen LogP contribution in [-0.4, -0.2) is 44.8 Å². The molecule has 8 nitrogen and oxygen atoms in total. The van der Waals surface area contributed by atoms with Crippen LogP contribution >= 0.6 is 11.6 Å². The molecule has 0 saturated carbocycles. The molecule has 0 N–H and O–H groups in total. The van der Waals surface area contributed by atoms with Gasteiger partial charge in [-0.1, -0.05) is 16.8 Å². The highest BCUT2D eigenvalue weighted by molar-refractivity contribution is 6.34. The summed E-state index contributed by atoms with van der Waals surface area (Å²) in [6.07, 6.45) is 3.76. The molecule has 3 aromatic rings. The van der Waals surface area contributed by atoms with E-state index in [4.69, 9.17) is 25.3 Å². The van der Waals surface area contributed by atoms with Crippen LogP contribution < -0.4 is 0 Å². The van der Waals surface area contributed by atoms with Gasteiger partial charge < -0.3 is 18.6 Å². The predicted octanol–water partition coefficient (Wildman–Crippen LogP) is 4.72. The second-order valence-corrected chi connectivity index (χ2v) is 8.61. The van der Waals surface area contributed by atoms with Crippen molar-refractivity contribution in [3.05, 3.63) is 29.3 Å². The Kier molecular flexibility index (Phi) is 5.21. The number of furan rings is 1. The zero-order valence-electron chi connectivity index (χ0n) is 16.6. The van der Waals surface area contributed by atoms with Gasteiger partial charge in [0.15, 0.2) is 11.6 Å². The molecule has 29 heavy (non-hydrogen) atoms. The maximum Gasteiger partial charge on any atom is 0.410 e.